The fourth-order valence-electron chi connectivity index (χ4n) is 14.8. The van der Waals surface area contributed by atoms with Crippen molar-refractivity contribution in [2.75, 3.05) is 47.0 Å². The molecule has 4 saturated carbocycles. The number of nitrogens with zero attached hydrogens (tertiary/aromatic N) is 16. The molecule has 11 heterocycles. The molecule has 2 unspecified atom stereocenters. The van der Waals surface area contributed by atoms with Crippen LogP contribution in [0.4, 0.5) is 56.1 Å². The Bertz CT molecular complexity index is 5830. The molecule has 1 aromatic carbocycles. The maximum Gasteiger partial charge on any atom is 0.252 e. The summed E-state index contributed by atoms with van der Waals surface area (Å²) in [5, 5.41) is 54.5. The van der Waals surface area contributed by atoms with Crippen LogP contribution in [-0.4, -0.2) is 177 Å². The topological polar surface area (TPSA) is 402 Å². The van der Waals surface area contributed by atoms with Crippen molar-refractivity contribution in [3.05, 3.63) is 142 Å². The van der Waals surface area contributed by atoms with E-state index in [1.165, 1.54) is 23.0 Å². The highest BCUT2D eigenvalue weighted by Gasteiger charge is 2.49. The Morgan fingerprint density at radius 2 is 0.787 bits per heavy atom. The first-order chi connectivity index (χ1) is 59.9. The Hall–Kier alpha value is -11.4. The Morgan fingerprint density at radius 3 is 1.13 bits per heavy atom. The summed E-state index contributed by atoms with van der Waals surface area (Å²) < 4.78 is 93.2. The van der Waals surface area contributed by atoms with E-state index in [0.717, 1.165) is 83.6 Å². The minimum atomic E-state index is -2.75. The quantitative estimate of drug-likeness (QED) is 0.0189. The molecule has 4 aliphatic rings. The summed E-state index contributed by atoms with van der Waals surface area (Å²) in [6, 6.07) is 29.5. The number of hydrogen-bond donors (Lipinski definition) is 9. The second-order valence-corrected chi connectivity index (χ2v) is 35.7. The zero-order valence-electron chi connectivity index (χ0n) is 72.6. The highest BCUT2D eigenvalue weighted by Crippen LogP contribution is 2.50. The molecule has 16 rings (SSSR count). The zero-order chi connectivity index (χ0) is 92.0. The molecular weight excluding hydrogens is 1700 g/mol. The normalized spacial score (nSPS) is 16.5. The SMILES string of the molecule is CC(C)(O)CC(=O)Nc1nc2ccc(Cl)nc2n1C1CC(F)(F)C1.CCC(O)(CF)CC(=O)Nc1nc2ccc(C)nc2n1C1CCC1.CCC(O)(CF)CC(=O)Nc1nc2ccc(C)nc2n1C1CCC1.COc1ccc(-n2c(NC(=O)CC(C)(C)C)nc3ccc(C)nc32)cn1.C[C@@](O)(CC(=O)Nc1nc2ccc(Cl)nc2n1C1CC(F)(F)C1)c1ccccc1. The number of aryl methyl sites for hydroxylation is 3. The van der Waals surface area contributed by atoms with Crippen LogP contribution in [0, 0.1) is 26.2 Å². The zero-order valence-corrected chi connectivity index (χ0v) is 74.1. The van der Waals surface area contributed by atoms with Gasteiger partial charge in [0.15, 0.2) is 28.2 Å². The van der Waals surface area contributed by atoms with Crippen LogP contribution in [0.2, 0.25) is 10.3 Å². The number of aromatic nitrogens is 16. The first-order valence-electron chi connectivity index (χ1n) is 41.8. The maximum atomic E-state index is 13.5. The van der Waals surface area contributed by atoms with Gasteiger partial charge in [-0.15, -0.1) is 0 Å². The molecule has 4 fully saturated rings. The number of rotatable bonds is 25. The summed E-state index contributed by atoms with van der Waals surface area (Å²) >= 11 is 11.9. The maximum absolute atomic E-state index is 13.5. The number of methoxy groups -OCH3 is 1. The lowest BCUT2D eigenvalue weighted by Crippen LogP contribution is -2.38. The summed E-state index contributed by atoms with van der Waals surface area (Å²) in [5.74, 6) is -5.36. The van der Waals surface area contributed by atoms with E-state index < -0.39 is 83.3 Å². The highest BCUT2D eigenvalue weighted by atomic mass is 35.5. The summed E-state index contributed by atoms with van der Waals surface area (Å²) in [6.07, 6.45) is 6.40. The number of halogens is 8. The number of benzene rings is 1. The van der Waals surface area contributed by atoms with Crippen molar-refractivity contribution < 1.29 is 75.5 Å². The molecule has 0 bridgehead atoms. The van der Waals surface area contributed by atoms with Crippen LogP contribution in [0.5, 0.6) is 5.88 Å². The second-order valence-electron chi connectivity index (χ2n) is 35.0. The van der Waals surface area contributed by atoms with Crippen LogP contribution >= 0.6 is 23.2 Å². The van der Waals surface area contributed by atoms with Crippen molar-refractivity contribution >= 4 is 138 Å². The van der Waals surface area contributed by atoms with Gasteiger partial charge >= 0.3 is 0 Å². The van der Waals surface area contributed by atoms with Gasteiger partial charge < -0.3 is 25.2 Å². The summed E-state index contributed by atoms with van der Waals surface area (Å²) in [6.45, 7) is 17.8. The van der Waals surface area contributed by atoms with Gasteiger partial charge in [0.1, 0.15) is 62.4 Å². The summed E-state index contributed by atoms with van der Waals surface area (Å²) in [4.78, 5) is 110. The molecule has 5 amide bonds. The smallest absolute Gasteiger partial charge is 0.252 e. The van der Waals surface area contributed by atoms with Gasteiger partial charge in [-0.2, -0.15) is 0 Å². The molecule has 0 radical (unpaired) electrons. The van der Waals surface area contributed by atoms with Gasteiger partial charge in [-0.1, -0.05) is 88.2 Å². The number of carbonyl (C=O) groups excluding carboxylic acids is 5. The summed E-state index contributed by atoms with van der Waals surface area (Å²) in [7, 11) is 1.57. The Balaban J connectivity index is 0.000000144. The number of pyridine rings is 6. The highest BCUT2D eigenvalue weighted by molar-refractivity contribution is 6.30. The van der Waals surface area contributed by atoms with Crippen molar-refractivity contribution in [3.8, 4) is 11.6 Å². The minimum Gasteiger partial charge on any atom is -0.481 e. The van der Waals surface area contributed by atoms with Crippen LogP contribution in [0.25, 0.3) is 61.5 Å². The first-order valence-corrected chi connectivity index (χ1v) is 42.6. The lowest BCUT2D eigenvalue weighted by Gasteiger charge is -2.36. The van der Waals surface area contributed by atoms with E-state index in [-0.39, 0.29) is 110 Å². The van der Waals surface area contributed by atoms with E-state index >= 15 is 0 Å². The van der Waals surface area contributed by atoms with Crippen LogP contribution in [-0.2, 0) is 29.6 Å². The third kappa shape index (κ3) is 23.5. The number of carbonyl (C=O) groups is 5. The van der Waals surface area contributed by atoms with Gasteiger partial charge in [0.05, 0.1) is 68.0 Å². The Morgan fingerprint density at radius 1 is 0.441 bits per heavy atom. The third-order valence-electron chi connectivity index (χ3n) is 22.2. The molecule has 678 valence electrons. The van der Waals surface area contributed by atoms with Crippen LogP contribution < -0.4 is 31.3 Å². The number of nitrogens with one attached hydrogen (secondary N) is 5. The molecular formula is C88H105Cl2F6N21O10. The molecule has 3 atom stereocenters. The van der Waals surface area contributed by atoms with Gasteiger partial charge in [-0.25, -0.2) is 81.2 Å². The predicted octanol–water partition coefficient (Wildman–Crippen LogP) is 16.8. The van der Waals surface area contributed by atoms with Gasteiger partial charge in [-0.3, -0.25) is 73.4 Å². The number of alkyl halides is 6. The van der Waals surface area contributed by atoms with Crippen LogP contribution in [0.3, 0.4) is 0 Å². The van der Waals surface area contributed by atoms with Gasteiger partial charge in [0.2, 0.25) is 65.2 Å². The molecule has 11 aromatic heterocycles. The monoisotopic (exact) mass is 1800 g/mol. The number of aliphatic hydroxyl groups is 4. The van der Waals surface area contributed by atoms with Gasteiger partial charge in [-0.05, 0) is 171 Å². The molecule has 31 nitrogen and oxygen atoms in total. The standard InChI is InChI=1S/C20H19ClF2N4O2.C19H23N5O2.2C17H23FN4O2.C15H17ClF2N4O2/c1-19(29,12-5-3-2-4-6-12)11-16(28)26-18-24-14-7-8-15(21)25-17(14)27(18)13-9-20(22,23)10-13;1-12-6-8-14-17(21-12)24(13-7-9-16(26-5)20-11-13)18(22-14)23-15(25)10-19(2,3)4;2*1-3-17(24,10-18)9-14(23)21-16-20-13-8-7-11(2)19-15(13)22(16)12-5-4-6-12;1-14(2,24)7-11(23)21-13-19-9-3-4-10(16)20-12(9)22(13)8-5-15(17,18)6-8/h2-8,13,29H,9-11H2,1H3,(H,24,26,28);6-9,11H,10H2,1-5H3,(H,22,23,25);2*7-8,12,24H,3-6,9-10H2,1-2H3,(H,20,21,23);3-4,8,24H,5-7H2,1-2H3,(H,19,21,23)/t19-;;;;/m1..../s1. The van der Waals surface area contributed by atoms with Gasteiger partial charge in [0, 0.05) is 67.3 Å². The van der Waals surface area contributed by atoms with Crippen molar-refractivity contribution in [2.24, 2.45) is 5.41 Å². The number of ether oxygens (including phenoxy) is 1. The van der Waals surface area contributed by atoms with Crippen molar-refractivity contribution in [2.45, 2.75) is 244 Å². The Kier molecular flexibility index (Phi) is 28.8. The second kappa shape index (κ2) is 38.7. The van der Waals surface area contributed by atoms with Crippen molar-refractivity contribution in [1.29, 1.82) is 0 Å². The van der Waals surface area contributed by atoms with Crippen LogP contribution in [0.1, 0.15) is 211 Å². The van der Waals surface area contributed by atoms with E-state index in [1.54, 1.807) is 93.2 Å². The first kappa shape index (κ1) is 94.7. The lowest BCUT2D eigenvalue weighted by molar-refractivity contribution is -0.123. The summed E-state index contributed by atoms with van der Waals surface area (Å²) in [5.41, 5.74) is 3.96. The molecule has 0 saturated heterocycles. The molecule has 39 heteroatoms. The van der Waals surface area contributed by atoms with Crippen molar-refractivity contribution in [3.63, 3.8) is 0 Å². The number of anilines is 5. The van der Waals surface area contributed by atoms with E-state index in [1.807, 2.05) is 99.2 Å². The molecule has 0 aliphatic heterocycles. The number of amides is 5. The predicted molar refractivity (Wildman–Crippen MR) is 470 cm³/mol. The number of fused-ring (bicyclic) bond motifs is 5. The fourth-order valence-corrected chi connectivity index (χ4v) is 15.0. The molecule has 127 heavy (non-hydrogen) atoms. The molecule has 12 aromatic rings. The van der Waals surface area contributed by atoms with Crippen molar-refractivity contribution in [1.82, 2.24) is 77.7 Å². The molecule has 4 aliphatic carbocycles. The third-order valence-corrected chi connectivity index (χ3v) is 22.6. The lowest BCUT2D eigenvalue weighted by atomic mass is 9.88. The minimum absolute atomic E-state index is 0.0905. The Labute approximate surface area is 737 Å². The number of hydrogen-bond acceptors (Lipinski definition) is 21. The van der Waals surface area contributed by atoms with E-state index in [4.69, 9.17) is 27.9 Å². The van der Waals surface area contributed by atoms with Crippen LogP contribution in [0.15, 0.2) is 109 Å². The fraction of sp³-hybridized carbons (Fsp3) is 0.477. The molecule has 9 N–H and O–H groups in total. The van der Waals surface area contributed by atoms with E-state index in [9.17, 15) is 70.7 Å². The van der Waals surface area contributed by atoms with E-state index in [0.29, 0.717) is 69.2 Å². The average Bonchev–Trinajstić information content (AvgIpc) is 1.63. The van der Waals surface area contributed by atoms with Gasteiger partial charge in [0.25, 0.3) is 11.8 Å². The van der Waals surface area contributed by atoms with E-state index in [2.05, 4.69) is 81.4 Å². The average molecular weight is 1800 g/mol. The largest absolute Gasteiger partial charge is 0.481 e. The number of imidazole rings is 5. The molecule has 0 spiro atoms.